The van der Waals surface area contributed by atoms with Crippen molar-refractivity contribution < 1.29 is 18.7 Å². The van der Waals surface area contributed by atoms with E-state index >= 15 is 0 Å². The zero-order valence-electron chi connectivity index (χ0n) is 9.52. The molecule has 1 heterocycles. The summed E-state index contributed by atoms with van der Waals surface area (Å²) < 4.78 is 26.4. The molecular weight excluding hydrogens is 256 g/mol. The smallest absolute Gasteiger partial charge is 0.354 e. The van der Waals surface area contributed by atoms with E-state index in [0.717, 1.165) is 18.2 Å². The summed E-state index contributed by atoms with van der Waals surface area (Å²) in [6.07, 6.45) is 0. The van der Waals surface area contributed by atoms with E-state index in [-0.39, 0.29) is 22.9 Å². The lowest BCUT2D eigenvalue weighted by Crippen LogP contribution is -2.06. The molecule has 0 aliphatic carbocycles. The minimum absolute atomic E-state index is 0.0515. The molecule has 1 aromatic heterocycles. The van der Waals surface area contributed by atoms with Gasteiger partial charge in [-0.1, -0.05) is 0 Å². The number of benzene rings is 1. The first-order valence-corrected chi connectivity index (χ1v) is 5.19. The number of hydrogen-bond donors (Lipinski definition) is 3. The second kappa shape index (κ2) is 4.89. The van der Waals surface area contributed by atoms with Crippen LogP contribution in [0.3, 0.4) is 0 Å². The van der Waals surface area contributed by atoms with Gasteiger partial charge in [0, 0.05) is 6.07 Å². The molecule has 0 saturated heterocycles. The molecule has 98 valence electrons. The standard InChI is InChI=1S/C12H9F2N3O2/c13-6-1-2-7(14)10(5-6)17-11-8(15)3-4-9(16-11)12(18)19/h1-5H,15H2,(H,16,17)(H,18,19). The molecule has 0 unspecified atom stereocenters. The van der Waals surface area contributed by atoms with Gasteiger partial charge in [-0.15, -0.1) is 0 Å². The third-order valence-corrected chi connectivity index (χ3v) is 2.33. The van der Waals surface area contributed by atoms with Crippen LogP contribution in [0.2, 0.25) is 0 Å². The minimum Gasteiger partial charge on any atom is -0.477 e. The molecule has 0 atom stereocenters. The van der Waals surface area contributed by atoms with Crippen molar-refractivity contribution in [2.45, 2.75) is 0 Å². The number of aromatic nitrogens is 1. The Labute approximate surface area is 106 Å². The SMILES string of the molecule is Nc1ccc(C(=O)O)nc1Nc1cc(F)ccc1F. The van der Waals surface area contributed by atoms with Gasteiger partial charge in [0.25, 0.3) is 0 Å². The molecule has 0 spiro atoms. The maximum Gasteiger partial charge on any atom is 0.354 e. The van der Waals surface area contributed by atoms with Gasteiger partial charge >= 0.3 is 5.97 Å². The van der Waals surface area contributed by atoms with Gasteiger partial charge in [0.05, 0.1) is 11.4 Å². The molecule has 4 N–H and O–H groups in total. The molecule has 0 fully saturated rings. The van der Waals surface area contributed by atoms with E-state index in [1.54, 1.807) is 0 Å². The van der Waals surface area contributed by atoms with Crippen molar-refractivity contribution in [1.29, 1.82) is 0 Å². The highest BCUT2D eigenvalue weighted by molar-refractivity contribution is 5.87. The van der Waals surface area contributed by atoms with Crippen LogP contribution in [0.4, 0.5) is 26.0 Å². The Hall–Kier alpha value is -2.70. The van der Waals surface area contributed by atoms with E-state index in [2.05, 4.69) is 10.3 Å². The Balaban J connectivity index is 2.40. The zero-order chi connectivity index (χ0) is 14.0. The quantitative estimate of drug-likeness (QED) is 0.793. The number of carboxylic acids is 1. The first-order chi connectivity index (χ1) is 8.97. The molecule has 2 rings (SSSR count). The summed E-state index contributed by atoms with van der Waals surface area (Å²) >= 11 is 0. The molecule has 2 aromatic rings. The van der Waals surface area contributed by atoms with Gasteiger partial charge < -0.3 is 16.2 Å². The minimum atomic E-state index is -1.25. The van der Waals surface area contributed by atoms with Crippen molar-refractivity contribution in [3.8, 4) is 0 Å². The molecular formula is C12H9F2N3O2. The van der Waals surface area contributed by atoms with Gasteiger partial charge in [0.15, 0.2) is 11.5 Å². The highest BCUT2D eigenvalue weighted by Crippen LogP contribution is 2.24. The Morgan fingerprint density at radius 3 is 2.68 bits per heavy atom. The van der Waals surface area contributed by atoms with E-state index in [9.17, 15) is 13.6 Å². The number of anilines is 3. The molecule has 7 heteroatoms. The summed E-state index contributed by atoms with van der Waals surface area (Å²) in [4.78, 5) is 14.5. The second-order valence-corrected chi connectivity index (χ2v) is 3.69. The summed E-state index contributed by atoms with van der Waals surface area (Å²) in [6, 6.07) is 5.35. The molecule has 0 aliphatic rings. The maximum absolute atomic E-state index is 13.4. The van der Waals surface area contributed by atoms with Gasteiger partial charge in [-0.05, 0) is 24.3 Å². The predicted molar refractivity (Wildman–Crippen MR) is 65.2 cm³/mol. The monoisotopic (exact) mass is 265 g/mol. The Kier molecular flexibility index (Phi) is 3.28. The number of nitrogens with two attached hydrogens (primary N) is 1. The molecule has 0 aliphatic heterocycles. The number of carbonyl (C=O) groups is 1. The van der Waals surface area contributed by atoms with Crippen LogP contribution in [0, 0.1) is 11.6 Å². The highest BCUT2D eigenvalue weighted by atomic mass is 19.1. The summed E-state index contributed by atoms with van der Waals surface area (Å²) in [7, 11) is 0. The normalized spacial score (nSPS) is 10.2. The third-order valence-electron chi connectivity index (χ3n) is 2.33. The molecule has 0 amide bonds. The van der Waals surface area contributed by atoms with Crippen LogP contribution >= 0.6 is 0 Å². The lowest BCUT2D eigenvalue weighted by atomic mass is 10.2. The molecule has 5 nitrogen and oxygen atoms in total. The lowest BCUT2D eigenvalue weighted by molar-refractivity contribution is 0.0690. The van der Waals surface area contributed by atoms with E-state index in [1.807, 2.05) is 0 Å². The van der Waals surface area contributed by atoms with Gasteiger partial charge in [-0.2, -0.15) is 0 Å². The highest BCUT2D eigenvalue weighted by Gasteiger charge is 2.11. The van der Waals surface area contributed by atoms with Crippen LogP contribution in [-0.4, -0.2) is 16.1 Å². The van der Waals surface area contributed by atoms with Crippen molar-refractivity contribution in [3.05, 3.63) is 47.7 Å². The fourth-order valence-electron chi connectivity index (χ4n) is 1.41. The van der Waals surface area contributed by atoms with E-state index in [1.165, 1.54) is 12.1 Å². The van der Waals surface area contributed by atoms with Crippen LogP contribution < -0.4 is 11.1 Å². The van der Waals surface area contributed by atoms with Crippen molar-refractivity contribution in [2.24, 2.45) is 0 Å². The zero-order valence-corrected chi connectivity index (χ0v) is 9.52. The fraction of sp³-hybridized carbons (Fsp3) is 0. The van der Waals surface area contributed by atoms with E-state index < -0.39 is 17.6 Å². The Bertz CT molecular complexity index is 647. The molecule has 0 bridgehead atoms. The van der Waals surface area contributed by atoms with Crippen molar-refractivity contribution in [2.75, 3.05) is 11.1 Å². The van der Waals surface area contributed by atoms with Crippen molar-refractivity contribution in [1.82, 2.24) is 4.98 Å². The van der Waals surface area contributed by atoms with Crippen molar-refractivity contribution >= 4 is 23.2 Å². The second-order valence-electron chi connectivity index (χ2n) is 3.69. The van der Waals surface area contributed by atoms with E-state index in [0.29, 0.717) is 0 Å². The van der Waals surface area contributed by atoms with Gasteiger partial charge in [0.1, 0.15) is 11.6 Å². The average Bonchev–Trinajstić information content (AvgIpc) is 2.36. The summed E-state index contributed by atoms with van der Waals surface area (Å²) in [6.45, 7) is 0. The number of carboxylic acid groups (broad SMARTS) is 1. The van der Waals surface area contributed by atoms with Crippen LogP contribution in [-0.2, 0) is 0 Å². The molecule has 0 radical (unpaired) electrons. The number of pyridine rings is 1. The first-order valence-electron chi connectivity index (χ1n) is 5.19. The van der Waals surface area contributed by atoms with Gasteiger partial charge in [0.2, 0.25) is 0 Å². The number of halogens is 2. The van der Waals surface area contributed by atoms with Crippen LogP contribution in [0.25, 0.3) is 0 Å². The Morgan fingerprint density at radius 2 is 2.00 bits per heavy atom. The predicted octanol–water partition coefficient (Wildman–Crippen LogP) is 2.38. The molecule has 0 saturated carbocycles. The number of hydrogen-bond acceptors (Lipinski definition) is 4. The maximum atomic E-state index is 13.4. The van der Waals surface area contributed by atoms with Gasteiger partial charge in [-0.3, -0.25) is 0 Å². The topological polar surface area (TPSA) is 88.2 Å². The van der Waals surface area contributed by atoms with Crippen LogP contribution in [0.5, 0.6) is 0 Å². The number of nitrogens with one attached hydrogen (secondary N) is 1. The number of nitrogen functional groups attached to an aromatic ring is 1. The number of aromatic carboxylic acids is 1. The molecule has 1 aromatic carbocycles. The summed E-state index contributed by atoms with van der Waals surface area (Å²) in [5.74, 6) is -2.65. The summed E-state index contributed by atoms with van der Waals surface area (Å²) in [5.41, 5.74) is 5.28. The number of nitrogens with zero attached hydrogens (tertiary/aromatic N) is 1. The van der Waals surface area contributed by atoms with Crippen LogP contribution in [0.1, 0.15) is 10.5 Å². The lowest BCUT2D eigenvalue weighted by Gasteiger charge is -2.09. The van der Waals surface area contributed by atoms with Gasteiger partial charge in [-0.25, -0.2) is 18.6 Å². The first kappa shape index (κ1) is 12.7. The van der Waals surface area contributed by atoms with Crippen LogP contribution in [0.15, 0.2) is 30.3 Å². The summed E-state index contributed by atoms with van der Waals surface area (Å²) in [5, 5.41) is 11.3. The van der Waals surface area contributed by atoms with Crippen molar-refractivity contribution in [3.63, 3.8) is 0 Å². The fourth-order valence-corrected chi connectivity index (χ4v) is 1.41. The van der Waals surface area contributed by atoms with E-state index in [4.69, 9.17) is 10.8 Å². The average molecular weight is 265 g/mol. The largest absolute Gasteiger partial charge is 0.477 e. The molecule has 19 heavy (non-hydrogen) atoms. The Morgan fingerprint density at radius 1 is 1.26 bits per heavy atom. The number of rotatable bonds is 3. The third kappa shape index (κ3) is 2.76.